The van der Waals surface area contributed by atoms with E-state index in [1.54, 1.807) is 13.2 Å². The van der Waals surface area contributed by atoms with Crippen LogP contribution in [0.5, 0.6) is 0 Å². The second-order valence-corrected chi connectivity index (χ2v) is 8.58. The Hall–Kier alpha value is -1.71. The highest BCUT2D eigenvalue weighted by Crippen LogP contribution is 2.19. The summed E-state index contributed by atoms with van der Waals surface area (Å²) in [6.45, 7) is 2.61. The molecule has 152 valence electrons. The molecule has 1 aromatic carbocycles. The third-order valence-corrected chi connectivity index (χ3v) is 6.49. The minimum absolute atomic E-state index is 0.0880. The fraction of sp³-hybridized carbons (Fsp3) is 0.526. The van der Waals surface area contributed by atoms with Crippen molar-refractivity contribution in [1.29, 1.82) is 0 Å². The van der Waals surface area contributed by atoms with Crippen molar-refractivity contribution in [3.63, 3.8) is 0 Å². The molecule has 9 heteroatoms. The number of amides is 2. The SMILES string of the molecule is COCCn1c(=NC(=O)CSCC(=O)N2CCCCC2)sc2cc(F)ccc21. The topological polar surface area (TPSA) is 63.9 Å². The summed E-state index contributed by atoms with van der Waals surface area (Å²) < 4.78 is 21.3. The molecule has 2 heterocycles. The lowest BCUT2D eigenvalue weighted by Gasteiger charge is -2.26. The van der Waals surface area contributed by atoms with Gasteiger partial charge in [0.2, 0.25) is 5.91 Å². The first-order valence-electron chi connectivity index (χ1n) is 9.29. The van der Waals surface area contributed by atoms with Gasteiger partial charge in [0.25, 0.3) is 5.91 Å². The number of nitrogens with zero attached hydrogens (tertiary/aromatic N) is 3. The maximum Gasteiger partial charge on any atom is 0.258 e. The van der Waals surface area contributed by atoms with Gasteiger partial charge in [-0.25, -0.2) is 4.39 Å². The van der Waals surface area contributed by atoms with Crippen molar-refractivity contribution < 1.29 is 18.7 Å². The van der Waals surface area contributed by atoms with Crippen LogP contribution in [0.1, 0.15) is 19.3 Å². The van der Waals surface area contributed by atoms with Crippen LogP contribution in [0.15, 0.2) is 23.2 Å². The molecule has 2 aromatic rings. The normalized spacial score (nSPS) is 15.4. The van der Waals surface area contributed by atoms with E-state index in [9.17, 15) is 14.0 Å². The van der Waals surface area contributed by atoms with E-state index >= 15 is 0 Å². The van der Waals surface area contributed by atoms with Crippen molar-refractivity contribution in [3.8, 4) is 0 Å². The molecule has 0 spiro atoms. The first kappa shape index (κ1) is 21.0. The van der Waals surface area contributed by atoms with Gasteiger partial charge in [0, 0.05) is 26.7 Å². The summed E-state index contributed by atoms with van der Waals surface area (Å²) in [7, 11) is 1.60. The van der Waals surface area contributed by atoms with Gasteiger partial charge in [-0.1, -0.05) is 11.3 Å². The number of rotatable bonds is 7. The zero-order chi connectivity index (χ0) is 19.9. The number of thiazole rings is 1. The average Bonchev–Trinajstić information content (AvgIpc) is 3.02. The van der Waals surface area contributed by atoms with Crippen LogP contribution in [0.3, 0.4) is 0 Å². The first-order chi connectivity index (χ1) is 13.6. The highest BCUT2D eigenvalue weighted by atomic mass is 32.2. The lowest BCUT2D eigenvalue weighted by atomic mass is 10.1. The van der Waals surface area contributed by atoms with Gasteiger partial charge in [0.15, 0.2) is 4.80 Å². The van der Waals surface area contributed by atoms with Gasteiger partial charge in [-0.05, 0) is 37.5 Å². The van der Waals surface area contributed by atoms with E-state index in [0.717, 1.165) is 36.1 Å². The number of benzene rings is 1. The van der Waals surface area contributed by atoms with E-state index in [1.807, 2.05) is 9.47 Å². The standard InChI is InChI=1S/C19H24FN3O3S2/c1-26-10-9-23-15-6-5-14(20)11-16(15)28-19(23)21-17(24)12-27-13-18(25)22-7-3-2-4-8-22/h5-6,11H,2-4,7-10,12-13H2,1H3. The molecule has 0 atom stereocenters. The van der Waals surface area contributed by atoms with Crippen LogP contribution in [0.4, 0.5) is 4.39 Å². The monoisotopic (exact) mass is 425 g/mol. The smallest absolute Gasteiger partial charge is 0.258 e. The number of hydrogen-bond donors (Lipinski definition) is 0. The van der Waals surface area contributed by atoms with Crippen LogP contribution in [-0.4, -0.2) is 59.6 Å². The van der Waals surface area contributed by atoms with Crippen LogP contribution < -0.4 is 4.80 Å². The Kier molecular flexibility index (Phi) is 7.64. The summed E-state index contributed by atoms with van der Waals surface area (Å²) in [4.78, 5) is 31.1. The van der Waals surface area contributed by atoms with E-state index in [-0.39, 0.29) is 23.4 Å². The maximum absolute atomic E-state index is 13.5. The Morgan fingerprint density at radius 3 is 2.79 bits per heavy atom. The molecule has 0 aliphatic carbocycles. The Morgan fingerprint density at radius 2 is 2.04 bits per heavy atom. The predicted octanol–water partition coefficient (Wildman–Crippen LogP) is 2.66. The van der Waals surface area contributed by atoms with Crippen molar-refractivity contribution in [2.75, 3.05) is 38.3 Å². The van der Waals surface area contributed by atoms with Crippen LogP contribution in [0.2, 0.25) is 0 Å². The predicted molar refractivity (Wildman–Crippen MR) is 110 cm³/mol. The summed E-state index contributed by atoms with van der Waals surface area (Å²) in [5.41, 5.74) is 0.822. The summed E-state index contributed by atoms with van der Waals surface area (Å²) in [6, 6.07) is 4.53. The number of fused-ring (bicyclic) bond motifs is 1. The fourth-order valence-corrected chi connectivity index (χ4v) is 4.93. The zero-order valence-electron chi connectivity index (χ0n) is 15.9. The molecule has 0 saturated carbocycles. The van der Waals surface area contributed by atoms with Crippen LogP contribution in [-0.2, 0) is 20.9 Å². The number of hydrogen-bond acceptors (Lipinski definition) is 5. The molecule has 0 radical (unpaired) electrons. The maximum atomic E-state index is 13.5. The number of piperidine rings is 1. The number of methoxy groups -OCH3 is 1. The van der Waals surface area contributed by atoms with Crippen LogP contribution >= 0.6 is 23.1 Å². The number of carbonyl (C=O) groups excluding carboxylic acids is 2. The second-order valence-electron chi connectivity index (χ2n) is 6.58. The molecule has 2 amide bonds. The molecule has 1 saturated heterocycles. The minimum Gasteiger partial charge on any atom is -0.383 e. The Balaban J connectivity index is 1.66. The summed E-state index contributed by atoms with van der Waals surface area (Å²) >= 11 is 2.57. The van der Waals surface area contributed by atoms with Crippen molar-refractivity contribution in [3.05, 3.63) is 28.8 Å². The zero-order valence-corrected chi connectivity index (χ0v) is 17.5. The lowest BCUT2D eigenvalue weighted by molar-refractivity contribution is -0.129. The Morgan fingerprint density at radius 1 is 1.25 bits per heavy atom. The van der Waals surface area contributed by atoms with Gasteiger partial charge in [-0.15, -0.1) is 11.8 Å². The van der Waals surface area contributed by atoms with Gasteiger partial charge in [-0.3, -0.25) is 9.59 Å². The van der Waals surface area contributed by atoms with Gasteiger partial charge >= 0.3 is 0 Å². The number of aromatic nitrogens is 1. The number of carbonyl (C=O) groups is 2. The van der Waals surface area contributed by atoms with E-state index in [0.29, 0.717) is 23.7 Å². The third kappa shape index (κ3) is 5.42. The molecular formula is C19H24FN3O3S2. The van der Waals surface area contributed by atoms with Crippen LogP contribution in [0.25, 0.3) is 10.2 Å². The van der Waals surface area contributed by atoms with Crippen molar-refractivity contribution in [2.24, 2.45) is 4.99 Å². The number of thioether (sulfide) groups is 1. The number of ether oxygens (including phenoxy) is 1. The number of halogens is 1. The van der Waals surface area contributed by atoms with Gasteiger partial charge in [0.05, 0.1) is 28.3 Å². The molecule has 1 aliphatic heterocycles. The largest absolute Gasteiger partial charge is 0.383 e. The summed E-state index contributed by atoms with van der Waals surface area (Å²) in [5, 5.41) is 0. The van der Waals surface area contributed by atoms with Gasteiger partial charge in [-0.2, -0.15) is 4.99 Å². The third-order valence-electron chi connectivity index (χ3n) is 4.54. The molecular weight excluding hydrogens is 401 g/mol. The van der Waals surface area contributed by atoms with Gasteiger partial charge < -0.3 is 14.2 Å². The molecule has 3 rings (SSSR count). The molecule has 6 nitrogen and oxygen atoms in total. The highest BCUT2D eigenvalue weighted by molar-refractivity contribution is 8.00. The quantitative estimate of drug-likeness (QED) is 0.684. The van der Waals surface area contributed by atoms with Crippen molar-refractivity contribution in [2.45, 2.75) is 25.8 Å². The fourth-order valence-electron chi connectivity index (χ4n) is 3.13. The minimum atomic E-state index is -0.322. The van der Waals surface area contributed by atoms with E-state index in [4.69, 9.17) is 4.74 Å². The molecule has 1 aromatic heterocycles. The molecule has 0 N–H and O–H groups in total. The van der Waals surface area contributed by atoms with Crippen molar-refractivity contribution in [1.82, 2.24) is 9.47 Å². The first-order valence-corrected chi connectivity index (χ1v) is 11.3. The second kappa shape index (κ2) is 10.2. The Bertz CT molecular complexity index is 903. The molecule has 1 fully saturated rings. The average molecular weight is 426 g/mol. The number of likely N-dealkylation sites (tertiary alicyclic amines) is 1. The Labute approximate surface area is 171 Å². The van der Waals surface area contributed by atoms with Crippen molar-refractivity contribution >= 4 is 45.1 Å². The van der Waals surface area contributed by atoms with E-state index in [2.05, 4.69) is 4.99 Å². The van der Waals surface area contributed by atoms with Crippen LogP contribution in [0, 0.1) is 5.82 Å². The molecule has 0 bridgehead atoms. The summed E-state index contributed by atoms with van der Waals surface area (Å²) in [5.74, 6) is -0.0911. The summed E-state index contributed by atoms with van der Waals surface area (Å²) in [6.07, 6.45) is 3.29. The van der Waals surface area contributed by atoms with Gasteiger partial charge in [0.1, 0.15) is 5.82 Å². The lowest BCUT2D eigenvalue weighted by Crippen LogP contribution is -2.36. The molecule has 28 heavy (non-hydrogen) atoms. The highest BCUT2D eigenvalue weighted by Gasteiger charge is 2.16. The molecule has 0 unspecified atom stereocenters. The molecule has 1 aliphatic rings. The van der Waals surface area contributed by atoms with E-state index < -0.39 is 0 Å². The van der Waals surface area contributed by atoms with E-state index in [1.165, 1.54) is 41.7 Å².